The van der Waals surface area contributed by atoms with Crippen LogP contribution in [0.2, 0.25) is 10.0 Å². The molecule has 2 amide bonds. The molecular weight excluding hydrogens is 385 g/mol. The Morgan fingerprint density at radius 2 is 1.67 bits per heavy atom. The van der Waals surface area contributed by atoms with Crippen LogP contribution in [0.25, 0.3) is 0 Å². The highest BCUT2D eigenvalue weighted by Gasteiger charge is 2.21. The molecule has 0 aromatic heterocycles. The third-order valence-electron chi connectivity index (χ3n) is 3.73. The van der Waals surface area contributed by atoms with Crippen LogP contribution in [-0.4, -0.2) is 17.5 Å². The zero-order valence-corrected chi connectivity index (χ0v) is 17.1. The van der Waals surface area contributed by atoms with Gasteiger partial charge in [0.1, 0.15) is 0 Å². The summed E-state index contributed by atoms with van der Waals surface area (Å²) in [5.74, 6) is -0.479. The molecule has 0 unspecified atom stereocenters. The van der Waals surface area contributed by atoms with Gasteiger partial charge in [-0.05, 0) is 42.8 Å². The number of hydrogen-bond donors (Lipinski definition) is 2. The predicted molar refractivity (Wildman–Crippen MR) is 111 cm³/mol. The Morgan fingerprint density at radius 3 is 2.30 bits per heavy atom. The molecule has 0 saturated heterocycles. The summed E-state index contributed by atoms with van der Waals surface area (Å²) in [5, 5.41) is 7.67. The largest absolute Gasteiger partial charge is 0.326 e. The molecule has 0 bridgehead atoms. The van der Waals surface area contributed by atoms with E-state index in [1.54, 1.807) is 31.2 Å². The minimum atomic E-state index is -0.493. The SMILES string of the molecule is CC(=NNC(=O)c1ccc(Cl)c(Cl)c1)c1cccc(NC(=O)C(C)(C)C)c1. The second-order valence-electron chi connectivity index (χ2n) is 7.05. The van der Waals surface area contributed by atoms with E-state index < -0.39 is 11.3 Å². The number of carbonyl (C=O) groups is 2. The fraction of sp³-hybridized carbons (Fsp3) is 0.250. The standard InChI is InChI=1S/C20H21Cl2N3O2/c1-12(24-25-18(26)14-8-9-16(21)17(22)11-14)13-6-5-7-15(10-13)23-19(27)20(2,3)4/h5-11H,1-4H3,(H,23,27)(H,25,26). The third kappa shape index (κ3) is 5.81. The Balaban J connectivity index is 2.11. The van der Waals surface area contributed by atoms with Crippen molar-refractivity contribution in [1.82, 2.24) is 5.43 Å². The molecule has 5 nitrogen and oxygen atoms in total. The fourth-order valence-electron chi connectivity index (χ4n) is 2.04. The molecule has 2 N–H and O–H groups in total. The van der Waals surface area contributed by atoms with Gasteiger partial charge in [-0.1, -0.05) is 56.1 Å². The van der Waals surface area contributed by atoms with Gasteiger partial charge in [0.15, 0.2) is 0 Å². The van der Waals surface area contributed by atoms with E-state index in [2.05, 4.69) is 15.8 Å². The Bertz CT molecular complexity index is 902. The van der Waals surface area contributed by atoms with Crippen molar-refractivity contribution in [2.75, 3.05) is 5.32 Å². The van der Waals surface area contributed by atoms with Crippen molar-refractivity contribution in [2.24, 2.45) is 10.5 Å². The molecule has 0 radical (unpaired) electrons. The van der Waals surface area contributed by atoms with Gasteiger partial charge in [0.2, 0.25) is 5.91 Å². The van der Waals surface area contributed by atoms with E-state index in [0.717, 1.165) is 5.56 Å². The van der Waals surface area contributed by atoms with E-state index >= 15 is 0 Å². The molecule has 0 aliphatic carbocycles. The van der Waals surface area contributed by atoms with Crippen LogP contribution in [0.15, 0.2) is 47.6 Å². The summed E-state index contributed by atoms with van der Waals surface area (Å²) in [6.07, 6.45) is 0. The predicted octanol–water partition coefficient (Wildman–Crippen LogP) is 5.13. The molecule has 0 spiro atoms. The van der Waals surface area contributed by atoms with Crippen LogP contribution in [0.4, 0.5) is 5.69 Å². The molecule has 0 fully saturated rings. The molecule has 0 heterocycles. The van der Waals surface area contributed by atoms with E-state index in [9.17, 15) is 9.59 Å². The second kappa shape index (κ2) is 8.55. The highest BCUT2D eigenvalue weighted by atomic mass is 35.5. The molecule has 7 heteroatoms. The fourth-order valence-corrected chi connectivity index (χ4v) is 2.34. The molecule has 2 rings (SSSR count). The maximum Gasteiger partial charge on any atom is 0.271 e. The van der Waals surface area contributed by atoms with Crippen LogP contribution in [0, 0.1) is 5.41 Å². The number of amides is 2. The molecule has 0 atom stereocenters. The molecule has 2 aromatic carbocycles. The molecule has 2 aromatic rings. The molecule has 0 aliphatic heterocycles. The van der Waals surface area contributed by atoms with Gasteiger partial charge in [-0.25, -0.2) is 5.43 Å². The van der Waals surface area contributed by atoms with Gasteiger partial charge >= 0.3 is 0 Å². The topological polar surface area (TPSA) is 70.6 Å². The summed E-state index contributed by atoms with van der Waals surface area (Å²) in [6.45, 7) is 7.30. The van der Waals surface area contributed by atoms with Gasteiger partial charge in [0, 0.05) is 16.7 Å². The average Bonchev–Trinajstić information content (AvgIpc) is 2.61. The van der Waals surface area contributed by atoms with Crippen molar-refractivity contribution in [2.45, 2.75) is 27.7 Å². The van der Waals surface area contributed by atoms with Crippen LogP contribution in [0.5, 0.6) is 0 Å². The first kappa shape index (κ1) is 20.9. The number of benzene rings is 2. The minimum Gasteiger partial charge on any atom is -0.326 e. The Morgan fingerprint density at radius 1 is 0.963 bits per heavy atom. The number of hydrazone groups is 1. The summed E-state index contributed by atoms with van der Waals surface area (Å²) in [4.78, 5) is 24.3. The van der Waals surface area contributed by atoms with Gasteiger partial charge in [-0.2, -0.15) is 5.10 Å². The number of carbonyl (C=O) groups excluding carboxylic acids is 2. The number of halogens is 2. The van der Waals surface area contributed by atoms with Crippen molar-refractivity contribution in [3.63, 3.8) is 0 Å². The molecule has 142 valence electrons. The highest BCUT2D eigenvalue weighted by molar-refractivity contribution is 6.42. The van der Waals surface area contributed by atoms with Gasteiger partial charge in [-0.15, -0.1) is 0 Å². The van der Waals surface area contributed by atoms with Crippen LogP contribution in [0.1, 0.15) is 43.6 Å². The van der Waals surface area contributed by atoms with Crippen LogP contribution in [0.3, 0.4) is 0 Å². The van der Waals surface area contributed by atoms with Crippen LogP contribution >= 0.6 is 23.2 Å². The lowest BCUT2D eigenvalue weighted by molar-refractivity contribution is -0.123. The second-order valence-corrected chi connectivity index (χ2v) is 7.87. The first-order valence-electron chi connectivity index (χ1n) is 8.29. The van der Waals surface area contributed by atoms with E-state index in [4.69, 9.17) is 23.2 Å². The lowest BCUT2D eigenvalue weighted by Gasteiger charge is -2.18. The third-order valence-corrected chi connectivity index (χ3v) is 4.47. The monoisotopic (exact) mass is 405 g/mol. The van der Waals surface area contributed by atoms with Crippen molar-refractivity contribution in [3.05, 3.63) is 63.6 Å². The number of anilines is 1. The quantitative estimate of drug-likeness (QED) is 0.546. The number of rotatable bonds is 4. The maximum absolute atomic E-state index is 12.2. The number of nitrogens with one attached hydrogen (secondary N) is 2. The Labute approximate surface area is 168 Å². The Kier molecular flexibility index (Phi) is 6.63. The van der Waals surface area contributed by atoms with Crippen LogP contribution < -0.4 is 10.7 Å². The van der Waals surface area contributed by atoms with Gasteiger partial charge in [-0.3, -0.25) is 9.59 Å². The first-order valence-corrected chi connectivity index (χ1v) is 9.05. The number of nitrogens with zero attached hydrogens (tertiary/aromatic N) is 1. The smallest absolute Gasteiger partial charge is 0.271 e. The van der Waals surface area contributed by atoms with Gasteiger partial charge in [0.05, 0.1) is 15.8 Å². The summed E-state index contributed by atoms with van der Waals surface area (Å²) in [5.41, 5.74) is 4.38. The lowest BCUT2D eigenvalue weighted by Crippen LogP contribution is -2.27. The normalized spacial score (nSPS) is 11.9. The minimum absolute atomic E-state index is 0.0813. The van der Waals surface area contributed by atoms with E-state index in [-0.39, 0.29) is 5.91 Å². The molecule has 0 saturated carbocycles. The van der Waals surface area contributed by atoms with Crippen molar-refractivity contribution >= 4 is 46.4 Å². The average molecular weight is 406 g/mol. The van der Waals surface area contributed by atoms with Gasteiger partial charge in [0.25, 0.3) is 5.91 Å². The zero-order valence-electron chi connectivity index (χ0n) is 15.6. The zero-order chi connectivity index (χ0) is 20.2. The summed E-state index contributed by atoms with van der Waals surface area (Å²) >= 11 is 11.8. The van der Waals surface area contributed by atoms with E-state index in [1.807, 2.05) is 32.9 Å². The first-order chi connectivity index (χ1) is 12.6. The maximum atomic E-state index is 12.2. The highest BCUT2D eigenvalue weighted by Crippen LogP contribution is 2.22. The van der Waals surface area contributed by atoms with Crippen molar-refractivity contribution < 1.29 is 9.59 Å². The summed E-state index contributed by atoms with van der Waals surface area (Å²) in [6, 6.07) is 11.9. The molecule has 0 aliphatic rings. The van der Waals surface area contributed by atoms with E-state index in [0.29, 0.717) is 27.0 Å². The molecule has 27 heavy (non-hydrogen) atoms. The Hall–Kier alpha value is -2.37. The van der Waals surface area contributed by atoms with Crippen molar-refractivity contribution in [3.8, 4) is 0 Å². The van der Waals surface area contributed by atoms with E-state index in [1.165, 1.54) is 6.07 Å². The van der Waals surface area contributed by atoms with Crippen molar-refractivity contribution in [1.29, 1.82) is 0 Å². The van der Waals surface area contributed by atoms with Crippen LogP contribution in [-0.2, 0) is 4.79 Å². The summed E-state index contributed by atoms with van der Waals surface area (Å²) in [7, 11) is 0. The number of hydrogen-bond acceptors (Lipinski definition) is 3. The van der Waals surface area contributed by atoms with Gasteiger partial charge < -0.3 is 5.32 Å². The molecular formula is C20H21Cl2N3O2. The lowest BCUT2D eigenvalue weighted by atomic mass is 9.95. The summed E-state index contributed by atoms with van der Waals surface area (Å²) < 4.78 is 0.